The first kappa shape index (κ1) is 14.3. The minimum atomic E-state index is 0.782. The summed E-state index contributed by atoms with van der Waals surface area (Å²) in [5, 5.41) is 0. The predicted octanol–water partition coefficient (Wildman–Crippen LogP) is 1.71. The molecule has 0 amide bonds. The molecule has 0 aromatic heterocycles. The molecule has 0 heterocycles. The summed E-state index contributed by atoms with van der Waals surface area (Å²) < 4.78 is 15.7. The van der Waals surface area contributed by atoms with Crippen LogP contribution in [-0.2, 0) is 14.2 Å². The van der Waals surface area contributed by atoms with E-state index >= 15 is 0 Å². The second-order valence-corrected chi connectivity index (χ2v) is 3.64. The zero-order chi connectivity index (χ0) is 10.5. The van der Waals surface area contributed by atoms with Gasteiger partial charge < -0.3 is 14.2 Å². The Bertz CT molecular complexity index is 89.4. The van der Waals surface area contributed by atoms with Crippen LogP contribution in [0.4, 0.5) is 0 Å². The number of rotatable bonds is 11. The Labute approximate surface area is 89.7 Å². The topological polar surface area (TPSA) is 27.7 Å². The van der Waals surface area contributed by atoms with Gasteiger partial charge in [0.05, 0.1) is 0 Å². The van der Waals surface area contributed by atoms with E-state index in [1.807, 2.05) is 0 Å². The highest BCUT2D eigenvalue weighted by molar-refractivity contribution is 7.16. The van der Waals surface area contributed by atoms with Crippen molar-refractivity contribution < 1.29 is 14.2 Å². The molecule has 14 heavy (non-hydrogen) atoms. The fourth-order valence-electron chi connectivity index (χ4n) is 0.958. The predicted molar refractivity (Wildman–Crippen MR) is 61.9 cm³/mol. The number of ether oxygens (including phenoxy) is 3. The van der Waals surface area contributed by atoms with Crippen LogP contribution in [0.2, 0.25) is 0 Å². The second kappa shape index (κ2) is 13.3. The molecule has 0 aliphatic carbocycles. The van der Waals surface area contributed by atoms with Gasteiger partial charge in [-0.3, -0.25) is 0 Å². The van der Waals surface area contributed by atoms with Crippen LogP contribution in [0, 0.1) is 0 Å². The Kier molecular flexibility index (Phi) is 13.6. The summed E-state index contributed by atoms with van der Waals surface area (Å²) in [5.74, 6) is 0. The summed E-state index contributed by atoms with van der Waals surface area (Å²) in [4.78, 5) is 0. The number of hydrogen-bond donors (Lipinski definition) is 0. The van der Waals surface area contributed by atoms with Crippen LogP contribution in [0.25, 0.3) is 0 Å². The minimum Gasteiger partial charge on any atom is -0.385 e. The molecule has 1 atom stereocenters. The summed E-state index contributed by atoms with van der Waals surface area (Å²) >= 11 is 0. The molecule has 0 aromatic rings. The largest absolute Gasteiger partial charge is 0.385 e. The molecule has 4 heteroatoms. The summed E-state index contributed by atoms with van der Waals surface area (Å²) in [6, 6.07) is 0. The van der Waals surface area contributed by atoms with Crippen molar-refractivity contribution >= 4 is 9.24 Å². The zero-order valence-corrected chi connectivity index (χ0v) is 10.3. The van der Waals surface area contributed by atoms with Gasteiger partial charge >= 0.3 is 0 Å². The lowest BCUT2D eigenvalue weighted by Crippen LogP contribution is -2.04. The normalized spacial score (nSPS) is 10.7. The van der Waals surface area contributed by atoms with Crippen LogP contribution in [0.15, 0.2) is 0 Å². The maximum atomic E-state index is 5.38. The van der Waals surface area contributed by atoms with E-state index in [0.717, 1.165) is 58.5 Å². The Morgan fingerprint density at radius 2 is 1.29 bits per heavy atom. The van der Waals surface area contributed by atoms with Gasteiger partial charge in [-0.15, -0.1) is 9.24 Å². The van der Waals surface area contributed by atoms with Gasteiger partial charge in [0, 0.05) is 40.1 Å². The van der Waals surface area contributed by atoms with Gasteiger partial charge in [0.25, 0.3) is 0 Å². The molecule has 0 spiro atoms. The standard InChI is InChI=1S/C10H23O3P/c1-11-5-2-6-12-7-3-8-13-9-4-10-14/h2-10,14H2,1H3. The highest BCUT2D eigenvalue weighted by Crippen LogP contribution is 1.91. The quantitative estimate of drug-likeness (QED) is 0.393. The Morgan fingerprint density at radius 3 is 1.79 bits per heavy atom. The van der Waals surface area contributed by atoms with Gasteiger partial charge in [-0.25, -0.2) is 0 Å². The lowest BCUT2D eigenvalue weighted by molar-refractivity contribution is 0.0720. The van der Waals surface area contributed by atoms with Gasteiger partial charge in [-0.1, -0.05) is 0 Å². The monoisotopic (exact) mass is 222 g/mol. The van der Waals surface area contributed by atoms with Crippen molar-refractivity contribution in [3.8, 4) is 0 Å². The van der Waals surface area contributed by atoms with Crippen molar-refractivity contribution in [2.75, 3.05) is 46.3 Å². The highest BCUT2D eigenvalue weighted by atomic mass is 31.0. The van der Waals surface area contributed by atoms with Gasteiger partial charge in [0.15, 0.2) is 0 Å². The molecule has 0 rings (SSSR count). The number of methoxy groups -OCH3 is 1. The van der Waals surface area contributed by atoms with Gasteiger partial charge in [-0.05, 0) is 25.4 Å². The first-order valence-electron chi connectivity index (χ1n) is 5.26. The van der Waals surface area contributed by atoms with Crippen molar-refractivity contribution in [3.63, 3.8) is 0 Å². The van der Waals surface area contributed by atoms with Crippen molar-refractivity contribution in [3.05, 3.63) is 0 Å². The van der Waals surface area contributed by atoms with Gasteiger partial charge in [-0.2, -0.15) is 0 Å². The summed E-state index contributed by atoms with van der Waals surface area (Å²) in [5.41, 5.74) is 0. The average molecular weight is 222 g/mol. The van der Waals surface area contributed by atoms with Crippen LogP contribution in [0.5, 0.6) is 0 Å². The third kappa shape index (κ3) is 12.3. The van der Waals surface area contributed by atoms with E-state index in [1.165, 1.54) is 0 Å². The molecule has 0 aromatic carbocycles. The van der Waals surface area contributed by atoms with Crippen LogP contribution in [-0.4, -0.2) is 46.3 Å². The first-order chi connectivity index (χ1) is 6.91. The van der Waals surface area contributed by atoms with Crippen LogP contribution >= 0.6 is 9.24 Å². The van der Waals surface area contributed by atoms with E-state index < -0.39 is 0 Å². The van der Waals surface area contributed by atoms with Crippen LogP contribution in [0.1, 0.15) is 19.3 Å². The van der Waals surface area contributed by atoms with E-state index in [9.17, 15) is 0 Å². The van der Waals surface area contributed by atoms with E-state index in [2.05, 4.69) is 9.24 Å². The van der Waals surface area contributed by atoms with Crippen molar-refractivity contribution in [2.24, 2.45) is 0 Å². The molecule has 0 aliphatic heterocycles. The molecule has 0 saturated carbocycles. The molecule has 1 unspecified atom stereocenters. The van der Waals surface area contributed by atoms with Crippen molar-refractivity contribution in [1.29, 1.82) is 0 Å². The zero-order valence-electron chi connectivity index (χ0n) is 9.17. The molecule has 0 bridgehead atoms. The Morgan fingerprint density at radius 1 is 0.786 bits per heavy atom. The average Bonchev–Trinajstić information content (AvgIpc) is 2.21. The molecular weight excluding hydrogens is 199 g/mol. The van der Waals surface area contributed by atoms with Gasteiger partial charge in [0.2, 0.25) is 0 Å². The van der Waals surface area contributed by atoms with Crippen molar-refractivity contribution in [1.82, 2.24) is 0 Å². The third-order valence-corrected chi connectivity index (χ3v) is 2.12. The maximum Gasteiger partial charge on any atom is 0.0488 e. The molecule has 0 fully saturated rings. The fourth-order valence-corrected chi connectivity index (χ4v) is 1.12. The maximum absolute atomic E-state index is 5.38. The van der Waals surface area contributed by atoms with Crippen LogP contribution in [0.3, 0.4) is 0 Å². The Balaban J connectivity index is 2.78. The molecule has 0 N–H and O–H groups in total. The van der Waals surface area contributed by atoms with E-state index in [4.69, 9.17) is 14.2 Å². The lowest BCUT2D eigenvalue weighted by atomic mass is 10.4. The Hall–Kier alpha value is 0.310. The van der Waals surface area contributed by atoms with E-state index in [0.29, 0.717) is 0 Å². The molecule has 86 valence electrons. The summed E-state index contributed by atoms with van der Waals surface area (Å²) in [6.45, 7) is 4.05. The van der Waals surface area contributed by atoms with Crippen LogP contribution < -0.4 is 0 Å². The molecular formula is C10H23O3P. The SMILES string of the molecule is COCCCOCCCOCCCP. The molecule has 0 aliphatic rings. The fraction of sp³-hybridized carbons (Fsp3) is 1.00. The smallest absolute Gasteiger partial charge is 0.0488 e. The second-order valence-electron chi connectivity index (χ2n) is 3.07. The third-order valence-electron chi connectivity index (χ3n) is 1.71. The van der Waals surface area contributed by atoms with Crippen molar-refractivity contribution in [2.45, 2.75) is 19.3 Å². The number of hydrogen-bond acceptors (Lipinski definition) is 3. The molecule has 0 saturated heterocycles. The summed E-state index contributed by atoms with van der Waals surface area (Å²) in [7, 11) is 4.40. The molecule has 0 radical (unpaired) electrons. The van der Waals surface area contributed by atoms with E-state index in [-0.39, 0.29) is 0 Å². The summed E-state index contributed by atoms with van der Waals surface area (Å²) in [6.07, 6.45) is 4.21. The lowest BCUT2D eigenvalue weighted by Gasteiger charge is -2.04. The minimum absolute atomic E-state index is 0.782. The first-order valence-corrected chi connectivity index (χ1v) is 6.08. The van der Waals surface area contributed by atoms with E-state index in [1.54, 1.807) is 7.11 Å². The molecule has 3 nitrogen and oxygen atoms in total. The van der Waals surface area contributed by atoms with Gasteiger partial charge in [0.1, 0.15) is 0 Å². The highest BCUT2D eigenvalue weighted by Gasteiger charge is 1.90.